The maximum Gasteiger partial charge on any atom is 0.335 e. The number of nitrogens with one attached hydrogen (secondary N) is 1. The maximum atomic E-state index is 10.4. The molecule has 0 saturated heterocycles. The lowest BCUT2D eigenvalue weighted by atomic mass is 10.2. The lowest BCUT2D eigenvalue weighted by Gasteiger charge is -1.98. The van der Waals surface area contributed by atoms with Crippen LogP contribution < -0.4 is 5.09 Å². The summed E-state index contributed by atoms with van der Waals surface area (Å²) >= 11 is 0. The van der Waals surface area contributed by atoms with Crippen molar-refractivity contribution in [2.24, 2.45) is 0 Å². The molecule has 2 N–H and O–H groups in total. The van der Waals surface area contributed by atoms with Crippen LogP contribution in [0, 0.1) is 0 Å². The highest BCUT2D eigenvalue weighted by Gasteiger charge is 1.99. The van der Waals surface area contributed by atoms with E-state index >= 15 is 0 Å². The van der Waals surface area contributed by atoms with Crippen LogP contribution in [0.4, 0.5) is 5.69 Å². The van der Waals surface area contributed by atoms with Gasteiger partial charge in [0.05, 0.1) is 5.56 Å². The van der Waals surface area contributed by atoms with Gasteiger partial charge in [-0.25, -0.2) is 4.79 Å². The van der Waals surface area contributed by atoms with E-state index in [1.807, 2.05) is 0 Å². The van der Waals surface area contributed by atoms with E-state index in [4.69, 9.17) is 5.11 Å². The van der Waals surface area contributed by atoms with Crippen molar-refractivity contribution in [3.05, 3.63) is 29.8 Å². The third kappa shape index (κ3) is 1.92. The van der Waals surface area contributed by atoms with Crippen molar-refractivity contribution in [3.63, 3.8) is 0 Å². The lowest BCUT2D eigenvalue weighted by Crippen LogP contribution is -1.94. The highest BCUT2D eigenvalue weighted by molar-refractivity contribution is 7.18. The average Bonchev–Trinajstić information content (AvgIpc) is 2.05. The predicted molar refractivity (Wildman–Crippen MR) is 46.7 cm³/mol. The second-order valence-electron chi connectivity index (χ2n) is 2.03. The Hall–Kier alpha value is -1.08. The number of benzene rings is 1. The SMILES string of the molecule is O=C(O)c1ccc(NP)cc1. The summed E-state index contributed by atoms with van der Waals surface area (Å²) in [7, 11) is 2.34. The Labute approximate surface area is 66.7 Å². The van der Waals surface area contributed by atoms with Crippen molar-refractivity contribution in [2.45, 2.75) is 0 Å². The summed E-state index contributed by atoms with van der Waals surface area (Å²) in [6.45, 7) is 0. The molecule has 1 unspecified atom stereocenters. The topological polar surface area (TPSA) is 49.3 Å². The Bertz CT molecular complexity index is 258. The minimum atomic E-state index is -0.902. The van der Waals surface area contributed by atoms with E-state index < -0.39 is 5.97 Å². The highest BCUT2D eigenvalue weighted by atomic mass is 31.0. The molecule has 0 fully saturated rings. The number of aromatic carboxylic acids is 1. The molecule has 1 aromatic rings. The minimum Gasteiger partial charge on any atom is -0.478 e. The van der Waals surface area contributed by atoms with Gasteiger partial charge >= 0.3 is 5.97 Å². The molecular weight excluding hydrogens is 161 g/mol. The van der Waals surface area contributed by atoms with Crippen LogP contribution >= 0.6 is 9.39 Å². The smallest absolute Gasteiger partial charge is 0.335 e. The van der Waals surface area contributed by atoms with Gasteiger partial charge in [-0.15, -0.1) is 0 Å². The first kappa shape index (κ1) is 8.02. The number of carboxylic acid groups (broad SMARTS) is 1. The number of hydrogen-bond donors (Lipinski definition) is 2. The van der Waals surface area contributed by atoms with Crippen molar-refractivity contribution in [1.29, 1.82) is 0 Å². The minimum absolute atomic E-state index is 0.300. The van der Waals surface area contributed by atoms with Crippen LogP contribution in [0.25, 0.3) is 0 Å². The average molecular weight is 169 g/mol. The molecule has 0 bridgehead atoms. The summed E-state index contributed by atoms with van der Waals surface area (Å²) in [5.41, 5.74) is 1.18. The molecule has 0 aliphatic heterocycles. The standard InChI is InChI=1S/C7H8NO2P/c9-7(10)5-1-3-6(8-11)4-2-5/h1-4,8H,11H2,(H,9,10). The summed E-state index contributed by atoms with van der Waals surface area (Å²) in [6.07, 6.45) is 0. The first-order valence-corrected chi connectivity index (χ1v) is 3.62. The van der Waals surface area contributed by atoms with Crippen LogP contribution in [0.15, 0.2) is 24.3 Å². The third-order valence-electron chi connectivity index (χ3n) is 1.30. The second kappa shape index (κ2) is 3.35. The first-order valence-electron chi connectivity index (χ1n) is 3.04. The fourth-order valence-corrected chi connectivity index (χ4v) is 0.901. The number of carboxylic acids is 1. The molecule has 4 heteroatoms. The Morgan fingerprint density at radius 1 is 1.36 bits per heavy atom. The Kier molecular flexibility index (Phi) is 2.44. The first-order chi connectivity index (χ1) is 5.24. The van der Waals surface area contributed by atoms with Gasteiger partial charge in [0.25, 0.3) is 0 Å². The Morgan fingerprint density at radius 2 is 1.91 bits per heavy atom. The zero-order valence-corrected chi connectivity index (χ0v) is 6.90. The fraction of sp³-hybridized carbons (Fsp3) is 0. The lowest BCUT2D eigenvalue weighted by molar-refractivity contribution is 0.0697. The molecule has 0 saturated carbocycles. The van der Waals surface area contributed by atoms with E-state index in [0.29, 0.717) is 5.56 Å². The van der Waals surface area contributed by atoms with Crippen molar-refractivity contribution >= 4 is 21.0 Å². The third-order valence-corrected chi connectivity index (χ3v) is 1.63. The fourth-order valence-electron chi connectivity index (χ4n) is 0.709. The summed E-state index contributed by atoms with van der Waals surface area (Å²) in [5.74, 6) is -0.902. The monoisotopic (exact) mass is 169 g/mol. The Balaban J connectivity index is 2.91. The van der Waals surface area contributed by atoms with E-state index in [1.165, 1.54) is 0 Å². The number of hydrogen-bond acceptors (Lipinski definition) is 2. The Morgan fingerprint density at radius 3 is 2.27 bits per heavy atom. The molecule has 0 amide bonds. The molecular formula is C7H8NO2P. The van der Waals surface area contributed by atoms with Gasteiger partial charge < -0.3 is 10.2 Å². The van der Waals surface area contributed by atoms with Gasteiger partial charge in [-0.05, 0) is 33.7 Å². The van der Waals surface area contributed by atoms with Crippen molar-refractivity contribution in [2.75, 3.05) is 5.09 Å². The zero-order chi connectivity index (χ0) is 8.27. The molecule has 1 aromatic carbocycles. The number of rotatable bonds is 2. The van der Waals surface area contributed by atoms with Crippen molar-refractivity contribution < 1.29 is 9.90 Å². The summed E-state index contributed by atoms with van der Waals surface area (Å²) in [6, 6.07) is 6.51. The molecule has 1 atom stereocenters. The van der Waals surface area contributed by atoms with E-state index in [0.717, 1.165) is 5.69 Å². The zero-order valence-electron chi connectivity index (χ0n) is 5.74. The van der Waals surface area contributed by atoms with E-state index in [1.54, 1.807) is 24.3 Å². The van der Waals surface area contributed by atoms with Gasteiger partial charge in [0, 0.05) is 5.69 Å². The molecule has 11 heavy (non-hydrogen) atoms. The van der Waals surface area contributed by atoms with Gasteiger partial charge in [0.15, 0.2) is 0 Å². The summed E-state index contributed by atoms with van der Waals surface area (Å²) in [5, 5.41) is 11.3. The molecule has 0 aliphatic rings. The predicted octanol–water partition coefficient (Wildman–Crippen LogP) is 1.59. The van der Waals surface area contributed by atoms with Crippen molar-refractivity contribution in [3.8, 4) is 0 Å². The van der Waals surface area contributed by atoms with Gasteiger partial charge in [-0.2, -0.15) is 0 Å². The van der Waals surface area contributed by atoms with Gasteiger partial charge in [0.1, 0.15) is 0 Å². The molecule has 0 heterocycles. The molecule has 0 spiro atoms. The number of anilines is 1. The largest absolute Gasteiger partial charge is 0.478 e. The molecule has 1 rings (SSSR count). The van der Waals surface area contributed by atoms with E-state index in [2.05, 4.69) is 14.5 Å². The second-order valence-corrected chi connectivity index (χ2v) is 2.32. The maximum absolute atomic E-state index is 10.4. The molecule has 0 radical (unpaired) electrons. The van der Waals surface area contributed by atoms with Crippen LogP contribution in [0.5, 0.6) is 0 Å². The molecule has 0 aromatic heterocycles. The molecule has 3 nitrogen and oxygen atoms in total. The normalized spacial score (nSPS) is 9.18. The number of carbonyl (C=O) groups is 1. The van der Waals surface area contributed by atoms with Gasteiger partial charge in [-0.1, -0.05) is 0 Å². The van der Waals surface area contributed by atoms with Crippen LogP contribution in [0.1, 0.15) is 10.4 Å². The van der Waals surface area contributed by atoms with Gasteiger partial charge in [0.2, 0.25) is 0 Å². The van der Waals surface area contributed by atoms with Crippen LogP contribution in [0.2, 0.25) is 0 Å². The van der Waals surface area contributed by atoms with E-state index in [-0.39, 0.29) is 0 Å². The quantitative estimate of drug-likeness (QED) is 0.661. The highest BCUT2D eigenvalue weighted by Crippen LogP contribution is 2.10. The molecule has 58 valence electrons. The van der Waals surface area contributed by atoms with Crippen LogP contribution in [-0.4, -0.2) is 11.1 Å². The van der Waals surface area contributed by atoms with Crippen LogP contribution in [0.3, 0.4) is 0 Å². The summed E-state index contributed by atoms with van der Waals surface area (Å²) in [4.78, 5) is 10.4. The summed E-state index contributed by atoms with van der Waals surface area (Å²) < 4.78 is 0. The van der Waals surface area contributed by atoms with Gasteiger partial charge in [-0.3, -0.25) is 0 Å². The van der Waals surface area contributed by atoms with Crippen molar-refractivity contribution in [1.82, 2.24) is 0 Å². The van der Waals surface area contributed by atoms with E-state index in [9.17, 15) is 4.79 Å². The molecule has 0 aliphatic carbocycles. The van der Waals surface area contributed by atoms with Crippen LogP contribution in [-0.2, 0) is 0 Å².